The normalized spacial score (nSPS) is 15.9. The molecule has 3 nitrogen and oxygen atoms in total. The van der Waals surface area contributed by atoms with Crippen LogP contribution in [0.2, 0.25) is 0 Å². The molecule has 0 saturated heterocycles. The van der Waals surface area contributed by atoms with Crippen molar-refractivity contribution >= 4 is 0 Å². The molecule has 0 aliphatic carbocycles. The third kappa shape index (κ3) is 2.36. The van der Waals surface area contributed by atoms with Crippen LogP contribution in [0.25, 0.3) is 0 Å². The molecule has 1 N–H and O–H groups in total. The summed E-state index contributed by atoms with van der Waals surface area (Å²) in [5.41, 5.74) is 5.82. The van der Waals surface area contributed by atoms with Gasteiger partial charge in [-0.1, -0.05) is 38.1 Å². The van der Waals surface area contributed by atoms with Crippen LogP contribution in [0.3, 0.4) is 0 Å². The van der Waals surface area contributed by atoms with Crippen LogP contribution in [0.5, 0.6) is 0 Å². The molecule has 1 heterocycles. The summed E-state index contributed by atoms with van der Waals surface area (Å²) in [6, 6.07) is 8.84. The minimum atomic E-state index is 0.602. The van der Waals surface area contributed by atoms with Gasteiger partial charge in [0.15, 0.2) is 0 Å². The van der Waals surface area contributed by atoms with Crippen LogP contribution in [0.15, 0.2) is 36.7 Å². The highest BCUT2D eigenvalue weighted by Crippen LogP contribution is 2.16. The first kappa shape index (κ1) is 11.0. The zero-order valence-corrected chi connectivity index (χ0v) is 10.1. The van der Waals surface area contributed by atoms with Gasteiger partial charge in [0, 0.05) is 19.4 Å². The van der Waals surface area contributed by atoms with Gasteiger partial charge in [0.2, 0.25) is 0 Å². The van der Waals surface area contributed by atoms with Crippen LogP contribution in [-0.4, -0.2) is 17.2 Å². The number of benzene rings is 1. The smallest absolute Gasteiger partial charge is 0.0608 e. The maximum Gasteiger partial charge on any atom is 0.0608 e. The average Bonchev–Trinajstić information content (AvgIpc) is 2.65. The average molecular weight is 217 g/mol. The van der Waals surface area contributed by atoms with Crippen molar-refractivity contribution in [2.45, 2.75) is 26.3 Å². The molecule has 3 heteroatoms. The lowest BCUT2D eigenvalue weighted by Gasteiger charge is -2.24. The van der Waals surface area contributed by atoms with E-state index in [1.165, 1.54) is 11.1 Å². The predicted octanol–water partition coefficient (Wildman–Crippen LogP) is 2.45. The summed E-state index contributed by atoms with van der Waals surface area (Å²) in [6.07, 6.45) is 3.97. The molecule has 1 aromatic carbocycles. The van der Waals surface area contributed by atoms with Gasteiger partial charge in [-0.3, -0.25) is 5.01 Å². The fourth-order valence-corrected chi connectivity index (χ4v) is 1.76. The van der Waals surface area contributed by atoms with Crippen molar-refractivity contribution in [3.63, 3.8) is 0 Å². The highest BCUT2D eigenvalue weighted by molar-refractivity contribution is 5.24. The molecule has 0 unspecified atom stereocenters. The van der Waals surface area contributed by atoms with E-state index in [1.54, 1.807) is 0 Å². The zero-order chi connectivity index (χ0) is 11.5. The second-order valence-corrected chi connectivity index (χ2v) is 4.46. The zero-order valence-electron chi connectivity index (χ0n) is 10.1. The Morgan fingerprint density at radius 3 is 2.38 bits per heavy atom. The van der Waals surface area contributed by atoms with Crippen molar-refractivity contribution < 1.29 is 0 Å². The number of hydrazine groups is 2. The maximum absolute atomic E-state index is 3.10. The summed E-state index contributed by atoms with van der Waals surface area (Å²) in [5, 5.41) is 4.10. The van der Waals surface area contributed by atoms with E-state index in [0.717, 1.165) is 6.54 Å². The standard InChI is InChI=1S/C13H19N3/c1-11(2)13-6-4-12(5-7-13)10-16-9-8-14-15(16)3/h4-9,11,14H,10H2,1-3H3. The van der Waals surface area contributed by atoms with Crippen molar-refractivity contribution in [3.8, 4) is 0 Å². The van der Waals surface area contributed by atoms with Crippen molar-refractivity contribution in [1.82, 2.24) is 15.6 Å². The van der Waals surface area contributed by atoms with Gasteiger partial charge in [0.25, 0.3) is 0 Å². The van der Waals surface area contributed by atoms with Crippen LogP contribution in [0.1, 0.15) is 30.9 Å². The lowest BCUT2D eigenvalue weighted by molar-refractivity contribution is 0.0304. The minimum absolute atomic E-state index is 0.602. The summed E-state index contributed by atoms with van der Waals surface area (Å²) in [6.45, 7) is 5.34. The van der Waals surface area contributed by atoms with Crippen LogP contribution in [0, 0.1) is 0 Å². The molecule has 0 saturated carbocycles. The van der Waals surface area contributed by atoms with Gasteiger partial charge in [-0.15, -0.1) is 5.12 Å². The van der Waals surface area contributed by atoms with Gasteiger partial charge >= 0.3 is 0 Å². The van der Waals surface area contributed by atoms with Crippen LogP contribution in [-0.2, 0) is 6.54 Å². The lowest BCUT2D eigenvalue weighted by atomic mass is 10.0. The van der Waals surface area contributed by atoms with Crippen LogP contribution >= 0.6 is 0 Å². The third-order valence-corrected chi connectivity index (χ3v) is 2.88. The molecule has 0 radical (unpaired) electrons. The van der Waals surface area contributed by atoms with Crippen molar-refractivity contribution in [2.75, 3.05) is 7.05 Å². The van der Waals surface area contributed by atoms with Gasteiger partial charge in [-0.05, 0) is 17.0 Å². The minimum Gasteiger partial charge on any atom is -0.307 e. The summed E-state index contributed by atoms with van der Waals surface area (Å²) >= 11 is 0. The van der Waals surface area contributed by atoms with E-state index < -0.39 is 0 Å². The Morgan fingerprint density at radius 2 is 1.88 bits per heavy atom. The maximum atomic E-state index is 3.10. The molecule has 0 fully saturated rings. The Hall–Kier alpha value is -1.48. The first-order valence-electron chi connectivity index (χ1n) is 5.69. The third-order valence-electron chi connectivity index (χ3n) is 2.88. The van der Waals surface area contributed by atoms with Gasteiger partial charge < -0.3 is 5.43 Å². The second kappa shape index (κ2) is 4.58. The predicted molar refractivity (Wildman–Crippen MR) is 66.1 cm³/mol. The Bertz CT molecular complexity index is 367. The Balaban J connectivity index is 2.02. The first-order chi connectivity index (χ1) is 7.66. The van der Waals surface area contributed by atoms with Gasteiger partial charge in [-0.25, -0.2) is 0 Å². The van der Waals surface area contributed by atoms with Gasteiger partial charge in [0.05, 0.1) is 6.54 Å². The second-order valence-electron chi connectivity index (χ2n) is 4.46. The molecule has 0 bridgehead atoms. The van der Waals surface area contributed by atoms with Gasteiger partial charge in [0.1, 0.15) is 0 Å². The van der Waals surface area contributed by atoms with E-state index in [9.17, 15) is 0 Å². The Morgan fingerprint density at radius 1 is 1.19 bits per heavy atom. The number of nitrogens with zero attached hydrogens (tertiary/aromatic N) is 2. The summed E-state index contributed by atoms with van der Waals surface area (Å²) in [5.74, 6) is 0.602. The topological polar surface area (TPSA) is 18.5 Å². The molecule has 0 atom stereocenters. The van der Waals surface area contributed by atoms with E-state index in [4.69, 9.17) is 0 Å². The van der Waals surface area contributed by atoms with Gasteiger partial charge in [-0.2, -0.15) is 0 Å². The van der Waals surface area contributed by atoms with E-state index in [0.29, 0.717) is 5.92 Å². The largest absolute Gasteiger partial charge is 0.307 e. The number of hydrogen-bond donors (Lipinski definition) is 1. The molecule has 0 spiro atoms. The molecule has 1 aliphatic heterocycles. The van der Waals surface area contributed by atoms with Crippen LogP contribution < -0.4 is 5.43 Å². The molecule has 1 aromatic rings. The molecule has 0 aromatic heterocycles. The molecule has 86 valence electrons. The van der Waals surface area contributed by atoms with E-state index >= 15 is 0 Å². The fourth-order valence-electron chi connectivity index (χ4n) is 1.76. The fraction of sp³-hybridized carbons (Fsp3) is 0.385. The molecule has 1 aliphatic rings. The van der Waals surface area contributed by atoms with Crippen molar-refractivity contribution in [2.24, 2.45) is 0 Å². The molecule has 16 heavy (non-hydrogen) atoms. The molecule has 0 amide bonds. The monoisotopic (exact) mass is 217 g/mol. The highest BCUT2D eigenvalue weighted by Gasteiger charge is 2.10. The molecule has 2 rings (SSSR count). The van der Waals surface area contributed by atoms with Crippen LogP contribution in [0.4, 0.5) is 0 Å². The van der Waals surface area contributed by atoms with Crippen molar-refractivity contribution in [3.05, 3.63) is 47.8 Å². The first-order valence-corrected chi connectivity index (χ1v) is 5.69. The van der Waals surface area contributed by atoms with E-state index in [2.05, 4.69) is 48.5 Å². The summed E-state index contributed by atoms with van der Waals surface area (Å²) in [7, 11) is 2.00. The lowest BCUT2D eigenvalue weighted by Crippen LogP contribution is -2.37. The SMILES string of the molecule is CC(C)c1ccc(CN2C=CNN2C)cc1. The van der Waals surface area contributed by atoms with Crippen molar-refractivity contribution in [1.29, 1.82) is 0 Å². The highest BCUT2D eigenvalue weighted by atomic mass is 15.8. The summed E-state index contributed by atoms with van der Waals surface area (Å²) < 4.78 is 0. The number of nitrogens with one attached hydrogen (secondary N) is 1. The van der Waals surface area contributed by atoms with E-state index in [-0.39, 0.29) is 0 Å². The Kier molecular flexibility index (Phi) is 3.15. The van der Waals surface area contributed by atoms with E-state index in [1.807, 2.05) is 24.6 Å². The number of hydrogen-bond acceptors (Lipinski definition) is 3. The molecular formula is C13H19N3. The quantitative estimate of drug-likeness (QED) is 0.839. The number of rotatable bonds is 3. The summed E-state index contributed by atoms with van der Waals surface area (Å²) in [4.78, 5) is 0. The Labute approximate surface area is 97.3 Å². The molecular weight excluding hydrogens is 198 g/mol.